The van der Waals surface area contributed by atoms with Gasteiger partial charge in [0.1, 0.15) is 17.4 Å². The summed E-state index contributed by atoms with van der Waals surface area (Å²) < 4.78 is 32.7. The first kappa shape index (κ1) is 20.1. The minimum absolute atomic E-state index is 0.0283. The van der Waals surface area contributed by atoms with Gasteiger partial charge in [0.25, 0.3) is 5.91 Å². The lowest BCUT2D eigenvalue weighted by Crippen LogP contribution is -2.38. The van der Waals surface area contributed by atoms with E-state index in [0.29, 0.717) is 25.4 Å². The maximum atomic E-state index is 13.5. The summed E-state index contributed by atoms with van der Waals surface area (Å²) in [6, 6.07) is -0.786. The molecule has 1 unspecified atom stereocenters. The third-order valence-corrected chi connectivity index (χ3v) is 4.73. The molecule has 0 aliphatic heterocycles. The number of carbonyl (C=O) groups excluding carboxylic acids is 1. The molecule has 26 heavy (non-hydrogen) atoms. The van der Waals surface area contributed by atoms with Gasteiger partial charge in [-0.05, 0) is 32.8 Å². The van der Waals surface area contributed by atoms with Crippen LogP contribution in [0.3, 0.4) is 0 Å². The van der Waals surface area contributed by atoms with Crippen molar-refractivity contribution in [2.45, 2.75) is 46.1 Å². The highest BCUT2D eigenvalue weighted by atomic mass is 19.1. The topological polar surface area (TPSA) is 65.4 Å². The van der Waals surface area contributed by atoms with E-state index in [-0.39, 0.29) is 17.6 Å². The molecule has 0 radical (unpaired) electrons. The predicted molar refractivity (Wildman–Crippen MR) is 97.0 cm³/mol. The molecule has 144 valence electrons. The minimum Gasteiger partial charge on any atom is -0.486 e. The highest BCUT2D eigenvalue weighted by Gasteiger charge is 2.39. The normalized spacial score (nSPS) is 21.8. The average molecular weight is 367 g/mol. The fourth-order valence-electron chi connectivity index (χ4n) is 2.77. The fraction of sp³-hybridized carbons (Fsp3) is 0.579. The van der Waals surface area contributed by atoms with Crippen LogP contribution in [-0.4, -0.2) is 42.8 Å². The van der Waals surface area contributed by atoms with Gasteiger partial charge < -0.3 is 20.4 Å². The molecule has 0 bridgehead atoms. The van der Waals surface area contributed by atoms with E-state index in [1.54, 1.807) is 0 Å². The van der Waals surface area contributed by atoms with Crippen LogP contribution in [0.25, 0.3) is 0 Å². The first-order valence-corrected chi connectivity index (χ1v) is 8.98. The zero-order valence-corrected chi connectivity index (χ0v) is 15.6. The van der Waals surface area contributed by atoms with Gasteiger partial charge in [0.05, 0.1) is 12.6 Å². The molecule has 7 heteroatoms. The van der Waals surface area contributed by atoms with Crippen LogP contribution in [0.1, 0.15) is 40.0 Å². The summed E-state index contributed by atoms with van der Waals surface area (Å²) in [6.45, 7) is 7.50. The Hall–Kier alpha value is -2.18. The largest absolute Gasteiger partial charge is 0.486 e. The molecule has 1 amide bonds. The van der Waals surface area contributed by atoms with Crippen molar-refractivity contribution < 1.29 is 18.3 Å². The van der Waals surface area contributed by atoms with Crippen LogP contribution >= 0.6 is 0 Å². The highest BCUT2D eigenvalue weighted by molar-refractivity contribution is 5.97. The molecule has 1 atom stereocenters. The Morgan fingerprint density at radius 1 is 1.42 bits per heavy atom. The van der Waals surface area contributed by atoms with E-state index in [1.165, 1.54) is 6.08 Å². The van der Waals surface area contributed by atoms with Crippen LogP contribution in [0.15, 0.2) is 35.3 Å². The number of hydrogen-bond donors (Lipinski definition) is 2. The molecule has 0 aromatic heterocycles. The summed E-state index contributed by atoms with van der Waals surface area (Å²) in [5.74, 6) is -1.88. The van der Waals surface area contributed by atoms with Gasteiger partial charge in [0.2, 0.25) is 5.76 Å². The number of amides is 1. The second-order valence-corrected chi connectivity index (χ2v) is 7.06. The van der Waals surface area contributed by atoms with E-state index >= 15 is 0 Å². The standard InChI is InChI=1S/C19H27F2N3O2/c1-4-24(5-2)16(11-22)17(26-12-19(3)6-7-19)18(25)23-15-9-13(20)8-14(21)10-15/h8-9,11,15,22H,4-7,10,12H2,1-3H3,(H,23,25)/b17-16-,22-11?. The molecule has 2 N–H and O–H groups in total. The second-order valence-electron chi connectivity index (χ2n) is 7.06. The van der Waals surface area contributed by atoms with Crippen molar-refractivity contribution in [1.29, 1.82) is 5.41 Å². The number of halogens is 2. The molecule has 5 nitrogen and oxygen atoms in total. The Kier molecular flexibility index (Phi) is 6.56. The van der Waals surface area contributed by atoms with E-state index in [1.807, 2.05) is 18.7 Å². The molecule has 2 rings (SSSR count). The summed E-state index contributed by atoms with van der Waals surface area (Å²) in [5.41, 5.74) is 0.418. The zero-order valence-electron chi connectivity index (χ0n) is 15.6. The predicted octanol–water partition coefficient (Wildman–Crippen LogP) is 3.60. The van der Waals surface area contributed by atoms with Crippen molar-refractivity contribution in [3.8, 4) is 0 Å². The smallest absolute Gasteiger partial charge is 0.289 e. The number of rotatable bonds is 9. The molecule has 1 fully saturated rings. The lowest BCUT2D eigenvalue weighted by atomic mass is 10.1. The van der Waals surface area contributed by atoms with Gasteiger partial charge in [-0.3, -0.25) is 4.79 Å². The first-order chi connectivity index (χ1) is 12.3. The molecule has 2 aliphatic rings. The van der Waals surface area contributed by atoms with Gasteiger partial charge in [0, 0.05) is 37.2 Å². The molecule has 1 saturated carbocycles. The van der Waals surface area contributed by atoms with Crippen LogP contribution in [0, 0.1) is 10.8 Å². The van der Waals surface area contributed by atoms with E-state index in [2.05, 4.69) is 12.2 Å². The highest BCUT2D eigenvalue weighted by Crippen LogP contribution is 2.45. The maximum absolute atomic E-state index is 13.5. The first-order valence-electron chi connectivity index (χ1n) is 8.98. The van der Waals surface area contributed by atoms with E-state index in [9.17, 15) is 13.6 Å². The van der Waals surface area contributed by atoms with Crippen molar-refractivity contribution in [3.05, 3.63) is 35.3 Å². The summed E-state index contributed by atoms with van der Waals surface area (Å²) in [6.07, 6.45) is 5.02. The summed E-state index contributed by atoms with van der Waals surface area (Å²) >= 11 is 0. The molecule has 0 saturated heterocycles. The molecular formula is C19H27F2N3O2. The molecule has 0 heterocycles. The Morgan fingerprint density at radius 2 is 2.08 bits per heavy atom. The van der Waals surface area contributed by atoms with Gasteiger partial charge >= 0.3 is 0 Å². The van der Waals surface area contributed by atoms with E-state index in [4.69, 9.17) is 10.1 Å². The maximum Gasteiger partial charge on any atom is 0.289 e. The average Bonchev–Trinajstić information content (AvgIpc) is 3.31. The zero-order chi connectivity index (χ0) is 19.3. The minimum atomic E-state index is -0.786. The van der Waals surface area contributed by atoms with E-state index < -0.39 is 23.6 Å². The van der Waals surface area contributed by atoms with Gasteiger partial charge in [-0.15, -0.1) is 0 Å². The van der Waals surface area contributed by atoms with Crippen LogP contribution in [0.4, 0.5) is 8.78 Å². The molecule has 0 aromatic rings. The number of nitrogens with zero attached hydrogens (tertiary/aromatic N) is 1. The quantitative estimate of drug-likeness (QED) is 0.372. The van der Waals surface area contributed by atoms with Crippen LogP contribution in [0.2, 0.25) is 0 Å². The molecular weight excluding hydrogens is 340 g/mol. The van der Waals surface area contributed by atoms with Crippen LogP contribution in [-0.2, 0) is 9.53 Å². The van der Waals surface area contributed by atoms with Crippen LogP contribution < -0.4 is 5.32 Å². The number of nitrogens with one attached hydrogen (secondary N) is 2. The van der Waals surface area contributed by atoms with Gasteiger partial charge in [0.15, 0.2) is 0 Å². The number of allylic oxidation sites excluding steroid dienone is 3. The van der Waals surface area contributed by atoms with Crippen molar-refractivity contribution in [2.75, 3.05) is 19.7 Å². The molecule has 0 spiro atoms. The summed E-state index contributed by atoms with van der Waals surface area (Å²) in [7, 11) is 0. The SMILES string of the molecule is CCN(CC)/C(C=N)=C(\OCC1(C)CC1)C(=O)NC1C=C(F)C=C(F)C1. The second kappa shape index (κ2) is 8.47. The number of ether oxygens (including phenoxy) is 1. The van der Waals surface area contributed by atoms with Crippen molar-refractivity contribution >= 4 is 12.1 Å². The number of carbonyl (C=O) groups is 1. The lowest BCUT2D eigenvalue weighted by Gasteiger charge is -2.26. The fourth-order valence-corrected chi connectivity index (χ4v) is 2.77. The van der Waals surface area contributed by atoms with E-state index in [0.717, 1.165) is 25.1 Å². The molecule has 2 aliphatic carbocycles. The van der Waals surface area contributed by atoms with Gasteiger partial charge in [-0.25, -0.2) is 8.78 Å². The Bertz CT molecular complexity index is 647. The van der Waals surface area contributed by atoms with Gasteiger partial charge in [-0.2, -0.15) is 0 Å². The Labute approximate surface area is 153 Å². The van der Waals surface area contributed by atoms with Crippen LogP contribution in [0.5, 0.6) is 0 Å². The summed E-state index contributed by atoms with van der Waals surface area (Å²) in [5, 5.41) is 10.3. The monoisotopic (exact) mass is 367 g/mol. The summed E-state index contributed by atoms with van der Waals surface area (Å²) in [4.78, 5) is 14.6. The van der Waals surface area contributed by atoms with Crippen molar-refractivity contribution in [3.63, 3.8) is 0 Å². The Balaban J connectivity index is 2.22. The molecule has 0 aromatic carbocycles. The third kappa shape index (κ3) is 5.16. The van der Waals surface area contributed by atoms with Crippen molar-refractivity contribution in [1.82, 2.24) is 10.2 Å². The van der Waals surface area contributed by atoms with Gasteiger partial charge in [-0.1, -0.05) is 6.92 Å². The lowest BCUT2D eigenvalue weighted by molar-refractivity contribution is -0.121. The number of hydrogen-bond acceptors (Lipinski definition) is 4. The Morgan fingerprint density at radius 3 is 2.58 bits per heavy atom. The third-order valence-electron chi connectivity index (χ3n) is 4.73. The van der Waals surface area contributed by atoms with Crippen molar-refractivity contribution in [2.24, 2.45) is 5.41 Å².